The monoisotopic (exact) mass is 462 g/mol. The number of rotatable bonds is 4. The van der Waals surface area contributed by atoms with Gasteiger partial charge in [-0.2, -0.15) is 0 Å². The molecule has 9 heteroatoms. The summed E-state index contributed by atoms with van der Waals surface area (Å²) < 4.78 is 0.882. The lowest BCUT2D eigenvalue weighted by molar-refractivity contribution is -0.434. The summed E-state index contributed by atoms with van der Waals surface area (Å²) in [5.74, 6) is -0.278. The zero-order chi connectivity index (χ0) is 19.8. The average molecular weight is 464 g/mol. The van der Waals surface area contributed by atoms with E-state index in [0.717, 1.165) is 15.6 Å². The van der Waals surface area contributed by atoms with Crippen molar-refractivity contribution in [2.75, 3.05) is 13.1 Å². The summed E-state index contributed by atoms with van der Waals surface area (Å²) in [6, 6.07) is 10.8. The number of nitro groups is 1. The predicted octanol–water partition coefficient (Wildman–Crippen LogP) is 3.78. The fourth-order valence-corrected chi connectivity index (χ4v) is 4.11. The highest BCUT2D eigenvalue weighted by Crippen LogP contribution is 2.40. The third-order valence-corrected chi connectivity index (χ3v) is 5.77. The number of allylic oxidation sites excluding steroid dienone is 1. The highest BCUT2D eigenvalue weighted by Gasteiger charge is 2.46. The van der Waals surface area contributed by atoms with Crippen LogP contribution in [0.1, 0.15) is 23.5 Å². The number of hydrogen-bond donors (Lipinski definition) is 0. The number of fused-ring (bicyclic) bond motifs is 1. The molecule has 4 rings (SSSR count). The molecule has 0 N–H and O–H groups in total. The first-order chi connectivity index (χ1) is 13.4. The molecule has 0 aliphatic carbocycles. The predicted molar refractivity (Wildman–Crippen MR) is 107 cm³/mol. The van der Waals surface area contributed by atoms with Crippen LogP contribution in [0.5, 0.6) is 0 Å². The second-order valence-corrected chi connectivity index (χ2v) is 8.03. The minimum absolute atomic E-state index is 0.0707. The Hall–Kier alpha value is -2.45. The van der Waals surface area contributed by atoms with Gasteiger partial charge in [0.05, 0.1) is 10.8 Å². The maximum atomic E-state index is 12.7. The molecule has 2 aromatic rings. The quantitative estimate of drug-likeness (QED) is 0.392. The Morgan fingerprint density at radius 2 is 1.96 bits per heavy atom. The fourth-order valence-electron chi connectivity index (χ4n) is 3.74. The maximum Gasteiger partial charge on any atom is 0.294 e. The number of amides is 1. The van der Waals surface area contributed by atoms with Crippen molar-refractivity contribution >= 4 is 33.4 Å². The summed E-state index contributed by atoms with van der Waals surface area (Å²) >= 11 is 9.22. The molecule has 144 valence electrons. The van der Waals surface area contributed by atoms with Crippen LogP contribution >= 0.6 is 27.5 Å². The van der Waals surface area contributed by atoms with E-state index in [1.165, 1.54) is 4.90 Å². The molecule has 0 bridgehead atoms. The normalized spacial score (nSPS) is 19.2. The summed E-state index contributed by atoms with van der Waals surface area (Å²) in [7, 11) is 0. The van der Waals surface area contributed by atoms with Gasteiger partial charge in [0.15, 0.2) is 5.82 Å². The average Bonchev–Trinajstić information content (AvgIpc) is 3.08. The molecule has 0 spiro atoms. The molecule has 3 heterocycles. The lowest BCUT2D eigenvalue weighted by Gasteiger charge is -2.30. The summed E-state index contributed by atoms with van der Waals surface area (Å²) in [4.78, 5) is 31.9. The second-order valence-electron chi connectivity index (χ2n) is 6.73. The zero-order valence-corrected chi connectivity index (χ0v) is 17.1. The van der Waals surface area contributed by atoms with Gasteiger partial charge in [-0.15, -0.1) is 0 Å². The number of carbonyl (C=O) groups excluding carboxylic acids is 1. The smallest absolute Gasteiger partial charge is 0.294 e. The van der Waals surface area contributed by atoms with Crippen LogP contribution in [0, 0.1) is 10.1 Å². The highest BCUT2D eigenvalue weighted by molar-refractivity contribution is 9.10. The lowest BCUT2D eigenvalue weighted by Crippen LogP contribution is -2.38. The van der Waals surface area contributed by atoms with Crippen molar-refractivity contribution in [2.24, 2.45) is 0 Å². The summed E-state index contributed by atoms with van der Waals surface area (Å²) in [5.41, 5.74) is 1.71. The zero-order valence-electron chi connectivity index (χ0n) is 14.7. The van der Waals surface area contributed by atoms with Gasteiger partial charge in [-0.3, -0.25) is 19.8 Å². The maximum absolute atomic E-state index is 12.7. The Morgan fingerprint density at radius 3 is 2.61 bits per heavy atom. The Kier molecular flexibility index (Phi) is 5.07. The number of carbonyl (C=O) groups is 1. The van der Waals surface area contributed by atoms with Crippen molar-refractivity contribution in [3.63, 3.8) is 0 Å². The van der Waals surface area contributed by atoms with Gasteiger partial charge in [0.2, 0.25) is 5.91 Å². The van der Waals surface area contributed by atoms with Crippen molar-refractivity contribution in [3.8, 4) is 0 Å². The van der Waals surface area contributed by atoms with Crippen LogP contribution in [-0.4, -0.2) is 38.7 Å². The van der Waals surface area contributed by atoms with Gasteiger partial charge in [0.25, 0.3) is 5.70 Å². The SMILES string of the molecule is O=C1CC(c2ccc(Br)cc2)C([N+](=O)[O-])=C2N(Cc3ccc(Cl)nc3)CCN12. The van der Waals surface area contributed by atoms with Gasteiger partial charge < -0.3 is 4.90 Å². The van der Waals surface area contributed by atoms with E-state index in [9.17, 15) is 14.9 Å². The first-order valence-corrected chi connectivity index (χ1v) is 9.91. The first-order valence-electron chi connectivity index (χ1n) is 8.74. The van der Waals surface area contributed by atoms with E-state index in [2.05, 4.69) is 20.9 Å². The highest BCUT2D eigenvalue weighted by atomic mass is 79.9. The summed E-state index contributed by atoms with van der Waals surface area (Å²) in [5, 5.41) is 12.4. The molecular formula is C19H16BrClN4O3. The van der Waals surface area contributed by atoms with Crippen LogP contribution in [0.2, 0.25) is 5.15 Å². The van der Waals surface area contributed by atoms with Crippen LogP contribution < -0.4 is 0 Å². The molecule has 1 unspecified atom stereocenters. The van der Waals surface area contributed by atoms with Crippen molar-refractivity contribution in [3.05, 3.63) is 85.0 Å². The summed E-state index contributed by atoms with van der Waals surface area (Å²) in [6.45, 7) is 1.40. The van der Waals surface area contributed by atoms with Gasteiger partial charge >= 0.3 is 0 Å². The minimum Gasteiger partial charge on any atom is -0.346 e. The molecule has 1 saturated heterocycles. The fraction of sp³-hybridized carbons (Fsp3) is 0.263. The molecule has 7 nitrogen and oxygen atoms in total. The number of aromatic nitrogens is 1. The summed E-state index contributed by atoms with van der Waals surface area (Å²) in [6.07, 6.45) is 1.74. The van der Waals surface area contributed by atoms with Gasteiger partial charge in [0, 0.05) is 36.7 Å². The molecular weight excluding hydrogens is 448 g/mol. The third kappa shape index (κ3) is 3.49. The third-order valence-electron chi connectivity index (χ3n) is 5.02. The number of halogens is 2. The largest absolute Gasteiger partial charge is 0.346 e. The van der Waals surface area contributed by atoms with E-state index >= 15 is 0 Å². The number of nitrogens with zero attached hydrogens (tertiary/aromatic N) is 4. The molecule has 1 amide bonds. The van der Waals surface area contributed by atoms with Gasteiger partial charge in [-0.25, -0.2) is 4.98 Å². The van der Waals surface area contributed by atoms with Gasteiger partial charge in [-0.1, -0.05) is 45.7 Å². The van der Waals surface area contributed by atoms with Crippen molar-refractivity contribution in [1.29, 1.82) is 0 Å². The second kappa shape index (κ2) is 7.52. The molecule has 1 aromatic carbocycles. The van der Waals surface area contributed by atoms with E-state index in [-0.39, 0.29) is 22.9 Å². The van der Waals surface area contributed by atoms with Crippen LogP contribution in [0.4, 0.5) is 0 Å². The molecule has 0 saturated carbocycles. The van der Waals surface area contributed by atoms with Gasteiger partial charge in [-0.05, 0) is 29.3 Å². The molecule has 28 heavy (non-hydrogen) atoms. The Bertz CT molecular complexity index is 962. The number of benzene rings is 1. The Balaban J connectivity index is 1.76. The standard InChI is InChI=1S/C19H16BrClN4O3/c20-14-4-2-13(3-5-14)15-9-17(26)24-8-7-23(19(24)18(15)25(27)28)11-12-1-6-16(21)22-10-12/h1-6,10,15H,7-9,11H2. The minimum atomic E-state index is -0.578. The van der Waals surface area contributed by atoms with Crippen molar-refractivity contribution < 1.29 is 9.72 Å². The molecule has 1 fully saturated rings. The van der Waals surface area contributed by atoms with Crippen molar-refractivity contribution in [1.82, 2.24) is 14.8 Å². The van der Waals surface area contributed by atoms with E-state index in [4.69, 9.17) is 11.6 Å². The lowest BCUT2D eigenvalue weighted by atomic mass is 9.89. The molecule has 2 aliphatic rings. The number of pyridine rings is 1. The van der Waals surface area contributed by atoms with Crippen LogP contribution in [-0.2, 0) is 11.3 Å². The van der Waals surface area contributed by atoms with Crippen LogP contribution in [0.15, 0.2) is 58.6 Å². The molecule has 2 aliphatic heterocycles. The van der Waals surface area contributed by atoms with E-state index in [0.29, 0.717) is 30.6 Å². The molecule has 1 aromatic heterocycles. The molecule has 0 radical (unpaired) electrons. The van der Waals surface area contributed by atoms with Gasteiger partial charge in [0.1, 0.15) is 5.15 Å². The number of hydrogen-bond acceptors (Lipinski definition) is 5. The Morgan fingerprint density at radius 1 is 1.21 bits per heavy atom. The topological polar surface area (TPSA) is 79.6 Å². The first kappa shape index (κ1) is 18.9. The van der Waals surface area contributed by atoms with E-state index in [1.54, 1.807) is 12.3 Å². The Labute approximate surface area is 174 Å². The van der Waals surface area contributed by atoms with Crippen LogP contribution in [0.3, 0.4) is 0 Å². The van der Waals surface area contributed by atoms with Crippen LogP contribution in [0.25, 0.3) is 0 Å². The van der Waals surface area contributed by atoms with E-state index in [1.807, 2.05) is 35.2 Å². The van der Waals surface area contributed by atoms with E-state index < -0.39 is 5.92 Å². The molecule has 1 atom stereocenters. The van der Waals surface area contributed by atoms with Crippen molar-refractivity contribution in [2.45, 2.75) is 18.9 Å².